The van der Waals surface area contributed by atoms with Gasteiger partial charge in [-0.25, -0.2) is 0 Å². The van der Waals surface area contributed by atoms with Gasteiger partial charge in [0.05, 0.1) is 18.7 Å². The summed E-state index contributed by atoms with van der Waals surface area (Å²) in [5, 5.41) is 84.9. The maximum absolute atomic E-state index is 12.6. The predicted molar refractivity (Wildman–Crippen MR) is 146 cm³/mol. The van der Waals surface area contributed by atoms with E-state index in [0.29, 0.717) is 0 Å². The van der Waals surface area contributed by atoms with E-state index in [1.165, 1.54) is 0 Å². The van der Waals surface area contributed by atoms with Crippen LogP contribution in [0.2, 0.25) is 0 Å². The molecule has 3 aliphatic rings. The minimum Gasteiger partial charge on any atom is -0.394 e. The minimum absolute atomic E-state index is 0.0101. The first-order valence-corrected chi connectivity index (χ1v) is 15.2. The monoisotopic (exact) mass is 683 g/mol. The number of nitrogens with one attached hydrogen (secondary N) is 1. The van der Waals surface area contributed by atoms with Gasteiger partial charge in [-0.3, -0.25) is 13.9 Å². The van der Waals surface area contributed by atoms with Crippen molar-refractivity contribution in [3.8, 4) is 0 Å². The second-order valence-corrected chi connectivity index (χ2v) is 11.7. The molecule has 3 fully saturated rings. The van der Waals surface area contributed by atoms with Crippen molar-refractivity contribution in [2.75, 3.05) is 19.7 Å². The van der Waals surface area contributed by atoms with Crippen LogP contribution in [-0.4, -0.2) is 182 Å². The van der Waals surface area contributed by atoms with Crippen LogP contribution >= 0.6 is 0 Å². The predicted octanol–water partition coefficient (Wildman–Crippen LogP) is -9.08. The Balaban J connectivity index is 0.00000130. The molecule has 0 spiro atoms. The van der Waals surface area contributed by atoms with Gasteiger partial charge in [-0.05, 0) is 19.4 Å². The molecule has 2 saturated heterocycles. The molecule has 1 saturated carbocycles. The Morgan fingerprint density at radius 2 is 1.38 bits per heavy atom. The first kappa shape index (κ1) is 39.9. The van der Waals surface area contributed by atoms with Crippen LogP contribution in [0.4, 0.5) is 0 Å². The third-order valence-corrected chi connectivity index (χ3v) is 7.51. The van der Waals surface area contributed by atoms with Crippen molar-refractivity contribution in [1.82, 2.24) is 5.32 Å². The van der Waals surface area contributed by atoms with Gasteiger partial charge in [0.2, 0.25) is 5.91 Å². The fraction of sp³-hybridized carbons (Fsp3) is 0.955. The molecule has 0 aromatic heterocycles. The number of aliphatic hydroxyl groups excluding tert-OH is 8. The number of hydrogen-bond donors (Lipinski definition) is 15. The quantitative estimate of drug-likeness (QED) is 0.0950. The lowest BCUT2D eigenvalue weighted by molar-refractivity contribution is -0.332. The SMILES string of the molecule is NCC[C@H](O)C(=O)N[C@@H]1CC(N)[C@@H](O[C@H]2O[C@H](CN)[C@@H](O)C(O)C2O)[C@H](O)C1O[C@H]1OC(CO)[C@@H](O)C(N)C1O.O=S(=O)(O)O. The summed E-state index contributed by atoms with van der Waals surface area (Å²) in [5.74, 6) is -0.845. The molecule has 0 aromatic rings. The van der Waals surface area contributed by atoms with Crippen LogP contribution in [0.1, 0.15) is 12.8 Å². The van der Waals surface area contributed by atoms with E-state index >= 15 is 0 Å². The second kappa shape index (κ2) is 17.2. The van der Waals surface area contributed by atoms with E-state index in [-0.39, 0.29) is 25.9 Å². The molecule has 3 rings (SSSR count). The molecular weight excluding hydrogens is 638 g/mol. The fourth-order valence-electron chi connectivity index (χ4n) is 5.07. The van der Waals surface area contributed by atoms with Crippen LogP contribution < -0.4 is 28.3 Å². The summed E-state index contributed by atoms with van der Waals surface area (Å²) in [4.78, 5) is 12.6. The molecule has 16 atom stereocenters. The molecule has 0 aromatic carbocycles. The number of rotatable bonds is 10. The highest BCUT2D eigenvalue weighted by molar-refractivity contribution is 7.79. The van der Waals surface area contributed by atoms with Gasteiger partial charge in [0.25, 0.3) is 0 Å². The zero-order valence-electron chi connectivity index (χ0n) is 23.8. The third kappa shape index (κ3) is 10.6. The standard InChI is InChI=1S/C22H43N5O13.H2O4S/c23-2-1-8(29)20(36)27-7-3-6(25)18(39-22-16(34)15(33)13(31)9(4-24)37-22)17(35)19(7)40-21-14(32)11(26)12(30)10(5-28)38-21;1-5(2,3)4/h6-19,21-22,28-35H,1-5,23-26H2,(H,27,36);(H2,1,2,3,4)/t6?,7-,8+,9-,10?,11?,12-,13-,14?,15?,16?,17+,18-,19?,21-,22-;/m1./s1. The molecule has 7 unspecified atom stereocenters. The van der Waals surface area contributed by atoms with E-state index < -0.39 is 121 Å². The molecule has 266 valence electrons. The van der Waals surface area contributed by atoms with E-state index in [0.717, 1.165) is 0 Å². The molecule has 22 nitrogen and oxygen atoms in total. The zero-order valence-corrected chi connectivity index (χ0v) is 24.6. The first-order chi connectivity index (χ1) is 20.9. The maximum Gasteiger partial charge on any atom is 0.394 e. The van der Waals surface area contributed by atoms with Gasteiger partial charge < -0.3 is 88.1 Å². The molecule has 1 aliphatic carbocycles. The van der Waals surface area contributed by atoms with Crippen molar-refractivity contribution in [2.24, 2.45) is 22.9 Å². The normalized spacial score (nSPS) is 43.1. The van der Waals surface area contributed by atoms with Gasteiger partial charge in [0.1, 0.15) is 67.1 Å². The summed E-state index contributed by atoms with van der Waals surface area (Å²) in [6.07, 6.45) is -19.8. The van der Waals surface area contributed by atoms with Gasteiger partial charge >= 0.3 is 10.4 Å². The van der Waals surface area contributed by atoms with Gasteiger partial charge in [0.15, 0.2) is 12.6 Å². The highest BCUT2D eigenvalue weighted by atomic mass is 32.3. The van der Waals surface area contributed by atoms with Crippen LogP contribution in [0, 0.1) is 0 Å². The molecule has 1 amide bonds. The van der Waals surface area contributed by atoms with Gasteiger partial charge in [-0.2, -0.15) is 8.42 Å². The Morgan fingerprint density at radius 1 is 0.844 bits per heavy atom. The number of carbonyl (C=O) groups is 1. The van der Waals surface area contributed by atoms with Crippen molar-refractivity contribution < 1.29 is 82.1 Å². The van der Waals surface area contributed by atoms with E-state index in [1.54, 1.807) is 0 Å². The summed E-state index contributed by atoms with van der Waals surface area (Å²) in [7, 11) is -4.67. The van der Waals surface area contributed by atoms with Crippen molar-refractivity contribution in [2.45, 2.75) is 111 Å². The Bertz CT molecular complexity index is 1020. The summed E-state index contributed by atoms with van der Waals surface area (Å²) in [6, 6.07) is -3.45. The summed E-state index contributed by atoms with van der Waals surface area (Å²) >= 11 is 0. The Labute approximate surface area is 257 Å². The molecule has 2 aliphatic heterocycles. The van der Waals surface area contributed by atoms with Crippen LogP contribution in [0.5, 0.6) is 0 Å². The lowest BCUT2D eigenvalue weighted by Gasteiger charge is -2.49. The average molecular weight is 684 g/mol. The molecule has 19 N–H and O–H groups in total. The molecule has 23 heteroatoms. The van der Waals surface area contributed by atoms with Crippen molar-refractivity contribution in [3.05, 3.63) is 0 Å². The first-order valence-electron chi connectivity index (χ1n) is 13.8. The van der Waals surface area contributed by atoms with Gasteiger partial charge in [0, 0.05) is 12.6 Å². The lowest BCUT2D eigenvalue weighted by atomic mass is 9.83. The third-order valence-electron chi connectivity index (χ3n) is 7.51. The molecular formula is C22H45N5O17S. The van der Waals surface area contributed by atoms with E-state index in [9.17, 15) is 45.6 Å². The van der Waals surface area contributed by atoms with Crippen molar-refractivity contribution >= 4 is 16.3 Å². The van der Waals surface area contributed by atoms with Gasteiger partial charge in [-0.15, -0.1) is 0 Å². The van der Waals surface area contributed by atoms with Crippen molar-refractivity contribution in [1.29, 1.82) is 0 Å². The topological polar surface area (TPSA) is 407 Å². The molecule has 2 heterocycles. The minimum atomic E-state index is -4.67. The second-order valence-electron chi connectivity index (χ2n) is 10.8. The smallest absolute Gasteiger partial charge is 0.394 e. The van der Waals surface area contributed by atoms with Crippen LogP contribution in [0.3, 0.4) is 0 Å². The number of nitrogens with two attached hydrogens (primary N) is 4. The fourth-order valence-corrected chi connectivity index (χ4v) is 5.07. The highest BCUT2D eigenvalue weighted by Gasteiger charge is 2.52. The lowest BCUT2D eigenvalue weighted by Crippen LogP contribution is -2.69. The highest BCUT2D eigenvalue weighted by Crippen LogP contribution is 2.32. The van der Waals surface area contributed by atoms with Crippen LogP contribution in [-0.2, 0) is 34.1 Å². The number of aliphatic hydroxyl groups is 8. The number of ether oxygens (including phenoxy) is 4. The van der Waals surface area contributed by atoms with E-state index in [4.69, 9.17) is 59.4 Å². The maximum atomic E-state index is 12.6. The molecule has 0 bridgehead atoms. The Kier molecular flexibility index (Phi) is 15.2. The number of amides is 1. The average Bonchev–Trinajstić information content (AvgIpc) is 2.96. The van der Waals surface area contributed by atoms with E-state index in [2.05, 4.69) is 5.32 Å². The zero-order chi connectivity index (χ0) is 34.4. The molecule has 0 radical (unpaired) electrons. The van der Waals surface area contributed by atoms with Crippen molar-refractivity contribution in [3.63, 3.8) is 0 Å². The summed E-state index contributed by atoms with van der Waals surface area (Å²) < 4.78 is 54.1. The largest absolute Gasteiger partial charge is 0.394 e. The van der Waals surface area contributed by atoms with Crippen LogP contribution in [0.15, 0.2) is 0 Å². The summed E-state index contributed by atoms with van der Waals surface area (Å²) in [5.41, 5.74) is 23.1. The number of hydrogen-bond acceptors (Lipinski definition) is 19. The van der Waals surface area contributed by atoms with Gasteiger partial charge in [-0.1, -0.05) is 0 Å². The van der Waals surface area contributed by atoms with E-state index in [1.807, 2.05) is 0 Å². The Hall–Kier alpha value is -1.30. The molecule has 45 heavy (non-hydrogen) atoms. The number of carbonyl (C=O) groups excluding carboxylic acids is 1. The van der Waals surface area contributed by atoms with Crippen LogP contribution in [0.25, 0.3) is 0 Å². The Morgan fingerprint density at radius 3 is 1.91 bits per heavy atom. The summed E-state index contributed by atoms with van der Waals surface area (Å²) in [6.45, 7) is -0.898.